The number of piperazine rings is 1. The lowest BCUT2D eigenvalue weighted by Crippen LogP contribution is -2.59. The number of benzene rings is 2. The number of hydrogen-bond acceptors (Lipinski definition) is 7. The number of hydrogen-bond donors (Lipinski definition) is 2. The zero-order valence-electron chi connectivity index (χ0n) is 24.4. The fraction of sp³-hybridized carbons (Fsp3) is 0.406. The van der Waals surface area contributed by atoms with Gasteiger partial charge in [0.05, 0.1) is 17.3 Å². The first-order chi connectivity index (χ1) is 20.6. The zero-order valence-corrected chi connectivity index (χ0v) is 24.4. The molecule has 2 aromatic carbocycles. The zero-order chi connectivity index (χ0) is 29.9. The Morgan fingerprint density at radius 1 is 1.00 bits per heavy atom. The molecule has 3 aromatic rings. The predicted molar refractivity (Wildman–Crippen MR) is 163 cm³/mol. The van der Waals surface area contributed by atoms with Crippen molar-refractivity contribution >= 4 is 24.0 Å². The molecule has 1 spiro atoms. The van der Waals surface area contributed by atoms with Crippen molar-refractivity contribution in [2.24, 2.45) is 22.6 Å². The number of nitrogens with zero attached hydrogens (tertiary/aromatic N) is 6. The van der Waals surface area contributed by atoms with E-state index in [1.807, 2.05) is 54.6 Å². The van der Waals surface area contributed by atoms with Crippen LogP contribution in [0, 0.1) is 11.8 Å². The van der Waals surface area contributed by atoms with E-state index in [2.05, 4.69) is 26.4 Å². The number of piperidine rings is 1. The number of aliphatic imine (C=N–C) groups is 1. The minimum absolute atomic E-state index is 0.166. The third-order valence-electron chi connectivity index (χ3n) is 9.22. The van der Waals surface area contributed by atoms with Crippen molar-refractivity contribution in [1.29, 1.82) is 0 Å². The quantitative estimate of drug-likeness (QED) is 0.460. The number of fused-ring (bicyclic) bond motifs is 3. The van der Waals surface area contributed by atoms with Gasteiger partial charge in [-0.05, 0) is 43.2 Å². The number of nitrogens with two attached hydrogens (primary N) is 1. The molecule has 3 N–H and O–H groups in total. The van der Waals surface area contributed by atoms with Crippen LogP contribution in [0.2, 0.25) is 0 Å². The van der Waals surface area contributed by atoms with Gasteiger partial charge in [-0.2, -0.15) is 4.98 Å². The average Bonchev–Trinajstić information content (AvgIpc) is 3.85. The Kier molecular flexibility index (Phi) is 6.48. The smallest absolute Gasteiger partial charge is 0.337 e. The number of urea groups is 1. The second-order valence-corrected chi connectivity index (χ2v) is 12.7. The minimum Gasteiger partial charge on any atom is -0.337 e. The number of likely N-dealkylation sites (tertiary alicyclic amines) is 1. The largest absolute Gasteiger partial charge is 0.354 e. The number of amides is 3. The van der Waals surface area contributed by atoms with Crippen molar-refractivity contribution < 1.29 is 9.59 Å². The van der Waals surface area contributed by atoms with Gasteiger partial charge in [0.1, 0.15) is 11.4 Å². The highest BCUT2D eigenvalue weighted by Gasteiger charge is 2.72. The van der Waals surface area contributed by atoms with Gasteiger partial charge in [-0.25, -0.2) is 9.59 Å². The molecule has 11 nitrogen and oxygen atoms in total. The molecule has 0 bridgehead atoms. The number of aromatic nitrogens is 2. The van der Waals surface area contributed by atoms with Gasteiger partial charge in [-0.15, -0.1) is 0 Å². The highest BCUT2D eigenvalue weighted by Crippen LogP contribution is 2.62. The van der Waals surface area contributed by atoms with Crippen LogP contribution < -0.4 is 16.7 Å². The topological polar surface area (TPSA) is 129 Å². The second-order valence-electron chi connectivity index (χ2n) is 12.7. The monoisotopic (exact) mass is 580 g/mol. The highest BCUT2D eigenvalue weighted by molar-refractivity contribution is 5.91. The maximum absolute atomic E-state index is 13.5. The fourth-order valence-corrected chi connectivity index (χ4v) is 6.76. The molecule has 1 saturated carbocycles. The van der Waals surface area contributed by atoms with Crippen molar-refractivity contribution in [2.45, 2.75) is 37.5 Å². The van der Waals surface area contributed by atoms with E-state index in [0.29, 0.717) is 37.2 Å². The number of nitrogens with one attached hydrogen (secondary N) is 1. The Balaban J connectivity index is 1.01. The number of rotatable bonds is 6. The van der Waals surface area contributed by atoms with E-state index in [9.17, 15) is 14.4 Å². The Labute approximate surface area is 250 Å². The summed E-state index contributed by atoms with van der Waals surface area (Å²) in [4.78, 5) is 53.8. The summed E-state index contributed by atoms with van der Waals surface area (Å²) in [7, 11) is 0. The number of anilines is 1. The first-order valence-electron chi connectivity index (χ1n) is 14.8. The van der Waals surface area contributed by atoms with Crippen LogP contribution in [0.3, 0.4) is 0 Å². The van der Waals surface area contributed by atoms with Gasteiger partial charge in [0, 0.05) is 63.5 Å². The number of carbonyl (C=O) groups excluding carboxylic acids is 2. The van der Waals surface area contributed by atoms with Crippen LogP contribution in [0.4, 0.5) is 10.6 Å². The molecule has 222 valence electrons. The van der Waals surface area contributed by atoms with Crippen LogP contribution in [-0.4, -0.2) is 86.2 Å². The summed E-state index contributed by atoms with van der Waals surface area (Å²) >= 11 is 0. The Morgan fingerprint density at radius 3 is 2.33 bits per heavy atom. The third-order valence-corrected chi connectivity index (χ3v) is 9.22. The van der Waals surface area contributed by atoms with E-state index in [4.69, 9.17) is 5.73 Å². The Bertz CT molecular complexity index is 1630. The lowest BCUT2D eigenvalue weighted by molar-refractivity contribution is -0.138. The summed E-state index contributed by atoms with van der Waals surface area (Å²) in [5, 5.41) is 2.79. The molecular formula is C32H36N8O3. The van der Waals surface area contributed by atoms with Crippen LogP contribution in [0.15, 0.2) is 76.6 Å². The third kappa shape index (κ3) is 5.12. The summed E-state index contributed by atoms with van der Waals surface area (Å²) in [6.07, 6.45) is 3.74. The molecule has 3 fully saturated rings. The van der Waals surface area contributed by atoms with E-state index in [1.165, 1.54) is 10.1 Å². The van der Waals surface area contributed by atoms with E-state index in [1.54, 1.807) is 35.9 Å². The molecule has 4 heterocycles. The number of carbonyl (C=O) groups is 2. The highest BCUT2D eigenvalue weighted by atomic mass is 16.2. The standard InChI is InChI=1S/C32H36N8O3/c1-31(2,33)28(41)38-14-15-40(26(19-38)22-6-4-3-5-7-22)30(43)36-27-12-13-39(29(42)35-27)23-10-8-21(9-11-23)16-37-17-24-25(18-37)32(24)20-34-32/h3-13,20,24-26H,14-19,33H2,1-2H3,(H,35,36,42,43). The predicted octanol–water partition coefficient (Wildman–Crippen LogP) is 2.27. The molecule has 3 aliphatic heterocycles. The van der Waals surface area contributed by atoms with E-state index >= 15 is 0 Å². The van der Waals surface area contributed by atoms with Crippen molar-refractivity contribution in [3.8, 4) is 5.69 Å². The Morgan fingerprint density at radius 2 is 1.70 bits per heavy atom. The van der Waals surface area contributed by atoms with Gasteiger partial charge in [0.15, 0.2) is 0 Å². The summed E-state index contributed by atoms with van der Waals surface area (Å²) < 4.78 is 1.46. The maximum atomic E-state index is 13.5. The van der Waals surface area contributed by atoms with Crippen molar-refractivity contribution in [1.82, 2.24) is 24.3 Å². The summed E-state index contributed by atoms with van der Waals surface area (Å²) in [6, 6.07) is 18.4. The van der Waals surface area contributed by atoms with Crippen LogP contribution >= 0.6 is 0 Å². The van der Waals surface area contributed by atoms with Gasteiger partial charge in [0.2, 0.25) is 5.91 Å². The van der Waals surface area contributed by atoms with E-state index in [-0.39, 0.29) is 29.3 Å². The first kappa shape index (κ1) is 27.5. The maximum Gasteiger partial charge on any atom is 0.354 e. The summed E-state index contributed by atoms with van der Waals surface area (Å²) in [6.45, 7) is 7.42. The molecule has 7 rings (SSSR count). The van der Waals surface area contributed by atoms with Gasteiger partial charge < -0.3 is 15.5 Å². The first-order valence-corrected chi connectivity index (χ1v) is 14.8. The van der Waals surface area contributed by atoms with Crippen LogP contribution in [0.5, 0.6) is 0 Å². The van der Waals surface area contributed by atoms with Crippen LogP contribution in [-0.2, 0) is 11.3 Å². The molecule has 11 heteroatoms. The average molecular weight is 581 g/mol. The summed E-state index contributed by atoms with van der Waals surface area (Å²) in [5.74, 6) is 1.41. The molecule has 43 heavy (non-hydrogen) atoms. The molecule has 3 atom stereocenters. The molecule has 4 aliphatic rings. The molecule has 3 amide bonds. The van der Waals surface area contributed by atoms with Crippen LogP contribution in [0.1, 0.15) is 31.0 Å². The fourth-order valence-electron chi connectivity index (χ4n) is 6.76. The van der Waals surface area contributed by atoms with Crippen LogP contribution in [0.25, 0.3) is 5.69 Å². The van der Waals surface area contributed by atoms with E-state index in [0.717, 1.165) is 25.2 Å². The molecular weight excluding hydrogens is 544 g/mol. The van der Waals surface area contributed by atoms with Gasteiger partial charge in [-0.3, -0.25) is 24.6 Å². The second kappa shape index (κ2) is 10.1. The van der Waals surface area contributed by atoms with Crippen molar-refractivity contribution in [2.75, 3.05) is 38.0 Å². The van der Waals surface area contributed by atoms with Crippen molar-refractivity contribution in [3.63, 3.8) is 0 Å². The lowest BCUT2D eigenvalue weighted by Gasteiger charge is -2.43. The van der Waals surface area contributed by atoms with Gasteiger partial charge >= 0.3 is 11.7 Å². The van der Waals surface area contributed by atoms with Crippen molar-refractivity contribution in [3.05, 3.63) is 88.5 Å². The Hall–Kier alpha value is -4.35. The molecule has 3 unspecified atom stereocenters. The van der Waals surface area contributed by atoms with E-state index < -0.39 is 11.2 Å². The van der Waals surface area contributed by atoms with Gasteiger partial charge in [0.25, 0.3) is 0 Å². The van der Waals surface area contributed by atoms with Gasteiger partial charge in [-0.1, -0.05) is 42.5 Å². The molecule has 1 aliphatic carbocycles. The normalized spacial score (nSPS) is 26.0. The SMILES string of the molecule is CC(C)(N)C(=O)N1CCN(C(=O)Nc2ccn(-c3ccc(CN4CC5C(C4)C54C=N4)cc3)c(=O)n2)C(c2ccccc2)C1. The molecule has 1 aromatic heterocycles. The summed E-state index contributed by atoms with van der Waals surface area (Å²) in [5.41, 5.74) is 7.65. The molecule has 2 saturated heterocycles. The minimum atomic E-state index is -1.01. The molecule has 0 radical (unpaired) electrons. The lowest BCUT2D eigenvalue weighted by atomic mass is 9.99.